The summed E-state index contributed by atoms with van der Waals surface area (Å²) in [6, 6.07) is 7.40. The molecule has 0 aliphatic rings. The minimum Gasteiger partial charge on any atom is -0.265 e. The average molecular weight is 274 g/mol. The lowest BCUT2D eigenvalue weighted by Gasteiger charge is -2.06. The summed E-state index contributed by atoms with van der Waals surface area (Å²) in [5.41, 5.74) is -0.108. The predicted octanol–water partition coefficient (Wildman–Crippen LogP) is 0.800. The third-order valence-corrected chi connectivity index (χ3v) is 3.51. The summed E-state index contributed by atoms with van der Waals surface area (Å²) in [7, 11) is 1.60. The zero-order chi connectivity index (χ0) is 14.0. The van der Waals surface area contributed by atoms with Gasteiger partial charge in [-0.25, -0.2) is 0 Å². The van der Waals surface area contributed by atoms with E-state index in [9.17, 15) is 9.59 Å². The lowest BCUT2D eigenvalue weighted by Crippen LogP contribution is -2.33. The van der Waals surface area contributed by atoms with Gasteiger partial charge in [-0.15, -0.1) is 0 Å². The quantitative estimate of drug-likeness (QED) is 0.818. The maximum Gasteiger partial charge on any atom is 0.339 e. The number of benzene rings is 1. The van der Waals surface area contributed by atoms with Gasteiger partial charge in [0.25, 0.3) is 0 Å². The van der Waals surface area contributed by atoms with Crippen molar-refractivity contribution in [3.8, 4) is 6.07 Å². The summed E-state index contributed by atoms with van der Waals surface area (Å²) in [5.74, 6) is 0. The molecule has 0 aliphatic carbocycles. The van der Waals surface area contributed by atoms with E-state index in [0.717, 1.165) is 10.5 Å². The van der Waals surface area contributed by atoms with Gasteiger partial charge in [0, 0.05) is 11.9 Å². The molecule has 1 N–H and O–H groups in total. The fraction of sp³-hybridized carbons (Fsp3) is 0.167. The van der Waals surface area contributed by atoms with Crippen LogP contribution < -0.4 is 11.1 Å². The molecule has 19 heavy (non-hydrogen) atoms. The fourth-order valence-corrected chi connectivity index (χ4v) is 2.38. The summed E-state index contributed by atoms with van der Waals surface area (Å²) in [4.78, 5) is 26.9. The number of nitrogens with zero attached hydrogens (tertiary/aromatic N) is 3. The Morgan fingerprint density at radius 1 is 1.42 bits per heavy atom. The van der Waals surface area contributed by atoms with Crippen LogP contribution in [0.5, 0.6) is 0 Å². The molecule has 0 aliphatic heterocycles. The van der Waals surface area contributed by atoms with Gasteiger partial charge in [-0.3, -0.25) is 19.4 Å². The first-order chi connectivity index (χ1) is 9.01. The second-order valence-corrected chi connectivity index (χ2v) is 4.93. The van der Waals surface area contributed by atoms with E-state index in [1.165, 1.54) is 16.4 Å². The highest BCUT2D eigenvalue weighted by atomic mass is 32.2. The first kappa shape index (κ1) is 13.1. The first-order valence-electron chi connectivity index (χ1n) is 5.37. The summed E-state index contributed by atoms with van der Waals surface area (Å²) < 4.78 is 1.39. The van der Waals surface area contributed by atoms with Gasteiger partial charge < -0.3 is 0 Å². The van der Waals surface area contributed by atoms with Crippen LogP contribution in [0.25, 0.3) is 0 Å². The van der Waals surface area contributed by atoms with E-state index >= 15 is 0 Å². The summed E-state index contributed by atoms with van der Waals surface area (Å²) >= 11 is 1.24. The number of hydrogen-bond acceptors (Lipinski definition) is 5. The molecule has 0 atom stereocenters. The van der Waals surface area contributed by atoms with Gasteiger partial charge in [0.05, 0.1) is 11.6 Å². The van der Waals surface area contributed by atoms with Gasteiger partial charge in [0.2, 0.25) is 0 Å². The molecule has 0 unspecified atom stereocenters. The highest BCUT2D eigenvalue weighted by molar-refractivity contribution is 7.99. The number of aromatic nitrogens is 3. The molecule has 0 amide bonds. The third-order valence-electron chi connectivity index (χ3n) is 2.48. The smallest absolute Gasteiger partial charge is 0.265 e. The van der Waals surface area contributed by atoms with E-state index in [0.29, 0.717) is 10.7 Å². The van der Waals surface area contributed by atoms with E-state index in [4.69, 9.17) is 5.26 Å². The van der Waals surface area contributed by atoms with Crippen molar-refractivity contribution in [2.75, 3.05) is 0 Å². The Labute approximate surface area is 112 Å². The van der Waals surface area contributed by atoms with Crippen LogP contribution in [0.4, 0.5) is 0 Å². The van der Waals surface area contributed by atoms with Crippen LogP contribution in [0.2, 0.25) is 0 Å². The van der Waals surface area contributed by atoms with Crippen LogP contribution in [-0.4, -0.2) is 14.8 Å². The lowest BCUT2D eigenvalue weighted by molar-refractivity contribution is 0.596. The highest BCUT2D eigenvalue weighted by Gasteiger charge is 2.07. The van der Waals surface area contributed by atoms with Crippen molar-refractivity contribution in [3.05, 3.63) is 50.0 Å². The number of nitriles is 1. The van der Waals surface area contributed by atoms with Crippen molar-refractivity contribution in [1.82, 2.24) is 14.8 Å². The molecule has 1 aromatic heterocycles. The standard InChI is InChI=1S/C12H10N4O2S/c1-7-5-9(4-3-8(7)6-13)19-12-14-10(17)11(18)15-16(12)2/h3-5H,1-2H3,(H,15,18). The Morgan fingerprint density at radius 3 is 2.79 bits per heavy atom. The van der Waals surface area contributed by atoms with Crippen molar-refractivity contribution >= 4 is 11.8 Å². The van der Waals surface area contributed by atoms with Crippen molar-refractivity contribution in [2.24, 2.45) is 7.05 Å². The second kappa shape index (κ2) is 5.12. The van der Waals surface area contributed by atoms with E-state index in [2.05, 4.69) is 16.2 Å². The minimum absolute atomic E-state index is 0.383. The Balaban J connectivity index is 2.40. The third kappa shape index (κ3) is 2.74. The first-order valence-corrected chi connectivity index (χ1v) is 6.19. The monoisotopic (exact) mass is 274 g/mol. The number of aromatic amines is 1. The molecular weight excluding hydrogens is 264 g/mol. The Bertz CT molecular complexity index is 786. The maximum atomic E-state index is 11.2. The lowest BCUT2D eigenvalue weighted by atomic mass is 10.1. The molecule has 6 nitrogen and oxygen atoms in total. The number of aryl methyl sites for hydroxylation is 2. The largest absolute Gasteiger partial charge is 0.339 e. The average Bonchev–Trinajstić information content (AvgIpc) is 2.36. The SMILES string of the molecule is Cc1cc(Sc2nc(=O)c(=O)[nH]n2C)ccc1C#N. The van der Waals surface area contributed by atoms with E-state index < -0.39 is 11.1 Å². The van der Waals surface area contributed by atoms with Crippen molar-refractivity contribution in [1.29, 1.82) is 5.26 Å². The van der Waals surface area contributed by atoms with Crippen LogP contribution in [-0.2, 0) is 7.05 Å². The molecule has 0 spiro atoms. The fourth-order valence-electron chi connectivity index (χ4n) is 1.48. The molecule has 0 saturated heterocycles. The summed E-state index contributed by atoms with van der Waals surface area (Å²) in [6.45, 7) is 1.84. The van der Waals surface area contributed by atoms with Crippen LogP contribution in [0.15, 0.2) is 37.8 Å². The van der Waals surface area contributed by atoms with E-state index in [-0.39, 0.29) is 0 Å². The normalized spacial score (nSPS) is 10.2. The topological polar surface area (TPSA) is 91.5 Å². The second-order valence-electron chi connectivity index (χ2n) is 3.89. The molecule has 0 fully saturated rings. The number of H-pyrrole nitrogens is 1. The van der Waals surface area contributed by atoms with Gasteiger partial charge in [-0.05, 0) is 30.7 Å². The van der Waals surface area contributed by atoms with Gasteiger partial charge >= 0.3 is 11.1 Å². The Morgan fingerprint density at radius 2 is 2.16 bits per heavy atom. The van der Waals surface area contributed by atoms with E-state index in [1.54, 1.807) is 19.2 Å². The highest BCUT2D eigenvalue weighted by Crippen LogP contribution is 2.25. The Hall–Kier alpha value is -2.33. The molecular formula is C12H10N4O2S. The zero-order valence-electron chi connectivity index (χ0n) is 10.3. The maximum absolute atomic E-state index is 11.2. The molecule has 0 radical (unpaired) electrons. The number of nitrogens with one attached hydrogen (secondary N) is 1. The molecule has 0 bridgehead atoms. The molecule has 96 valence electrons. The Kier molecular flexibility index (Phi) is 3.53. The molecule has 1 aromatic carbocycles. The zero-order valence-corrected chi connectivity index (χ0v) is 11.1. The molecule has 7 heteroatoms. The molecule has 2 rings (SSSR count). The number of hydrogen-bond donors (Lipinski definition) is 1. The van der Waals surface area contributed by atoms with Gasteiger partial charge in [0.1, 0.15) is 0 Å². The number of rotatable bonds is 2. The van der Waals surface area contributed by atoms with E-state index in [1.807, 2.05) is 13.0 Å². The van der Waals surface area contributed by atoms with Crippen molar-refractivity contribution in [2.45, 2.75) is 17.0 Å². The van der Waals surface area contributed by atoms with Gasteiger partial charge in [-0.1, -0.05) is 11.8 Å². The van der Waals surface area contributed by atoms with Gasteiger partial charge in [-0.2, -0.15) is 10.2 Å². The van der Waals surface area contributed by atoms with Crippen LogP contribution in [0.3, 0.4) is 0 Å². The summed E-state index contributed by atoms with van der Waals surface area (Å²) in [6.07, 6.45) is 0. The minimum atomic E-state index is -0.814. The van der Waals surface area contributed by atoms with Crippen LogP contribution in [0.1, 0.15) is 11.1 Å². The molecule has 0 saturated carbocycles. The van der Waals surface area contributed by atoms with Crippen molar-refractivity contribution < 1.29 is 0 Å². The summed E-state index contributed by atoms with van der Waals surface area (Å²) in [5, 5.41) is 11.6. The predicted molar refractivity (Wildman–Crippen MR) is 70.1 cm³/mol. The van der Waals surface area contributed by atoms with Crippen molar-refractivity contribution in [3.63, 3.8) is 0 Å². The molecule has 2 aromatic rings. The van der Waals surface area contributed by atoms with Gasteiger partial charge in [0.15, 0.2) is 5.16 Å². The van der Waals surface area contributed by atoms with Crippen LogP contribution >= 0.6 is 11.8 Å². The van der Waals surface area contributed by atoms with Crippen LogP contribution in [0, 0.1) is 18.3 Å². The molecule has 1 heterocycles.